The fraction of sp³-hybridized carbons (Fsp3) is 0.889. The SMILES string of the molecule is CCCCCCC(=O)OC(C)N. The average Bonchev–Trinajstić information content (AvgIpc) is 1.97. The summed E-state index contributed by atoms with van der Waals surface area (Å²) in [6.07, 6.45) is 4.42. The van der Waals surface area contributed by atoms with Crippen molar-refractivity contribution in [1.29, 1.82) is 0 Å². The Morgan fingerprint density at radius 1 is 1.42 bits per heavy atom. The number of rotatable bonds is 6. The molecule has 12 heavy (non-hydrogen) atoms. The fourth-order valence-corrected chi connectivity index (χ4v) is 0.962. The smallest absolute Gasteiger partial charge is 0.307 e. The first-order valence-corrected chi connectivity index (χ1v) is 4.62. The highest BCUT2D eigenvalue weighted by Crippen LogP contribution is 2.03. The highest BCUT2D eigenvalue weighted by atomic mass is 16.5. The van der Waals surface area contributed by atoms with E-state index in [4.69, 9.17) is 10.5 Å². The first-order chi connectivity index (χ1) is 5.66. The molecule has 0 aromatic rings. The maximum absolute atomic E-state index is 10.9. The molecule has 0 amide bonds. The van der Waals surface area contributed by atoms with Gasteiger partial charge in [-0.3, -0.25) is 10.5 Å². The maximum Gasteiger partial charge on any atom is 0.307 e. The molecule has 0 heterocycles. The topological polar surface area (TPSA) is 52.3 Å². The van der Waals surface area contributed by atoms with Crippen LogP contribution in [0.15, 0.2) is 0 Å². The second-order valence-corrected chi connectivity index (χ2v) is 3.01. The van der Waals surface area contributed by atoms with Crippen molar-refractivity contribution in [1.82, 2.24) is 0 Å². The summed E-state index contributed by atoms with van der Waals surface area (Å²) >= 11 is 0. The van der Waals surface area contributed by atoms with Gasteiger partial charge in [0.05, 0.1) is 0 Å². The zero-order chi connectivity index (χ0) is 9.40. The molecular formula is C9H19NO2. The Balaban J connectivity index is 3.20. The van der Waals surface area contributed by atoms with Crippen molar-refractivity contribution >= 4 is 5.97 Å². The van der Waals surface area contributed by atoms with Crippen LogP contribution in [0, 0.1) is 0 Å². The molecule has 0 aromatic carbocycles. The number of carbonyl (C=O) groups is 1. The summed E-state index contributed by atoms with van der Waals surface area (Å²) in [5, 5.41) is 0. The van der Waals surface area contributed by atoms with Crippen molar-refractivity contribution < 1.29 is 9.53 Å². The number of nitrogens with two attached hydrogens (primary N) is 1. The van der Waals surface area contributed by atoms with Crippen molar-refractivity contribution in [2.75, 3.05) is 0 Å². The Hall–Kier alpha value is -0.570. The van der Waals surface area contributed by atoms with Crippen LogP contribution in [0.25, 0.3) is 0 Å². The van der Waals surface area contributed by atoms with E-state index in [2.05, 4.69) is 6.92 Å². The molecule has 0 rings (SSSR count). The number of esters is 1. The minimum absolute atomic E-state index is 0.180. The van der Waals surface area contributed by atoms with Gasteiger partial charge in [0.15, 0.2) is 0 Å². The normalized spacial score (nSPS) is 12.6. The van der Waals surface area contributed by atoms with Gasteiger partial charge < -0.3 is 4.74 Å². The second-order valence-electron chi connectivity index (χ2n) is 3.01. The van der Waals surface area contributed by atoms with Crippen molar-refractivity contribution in [2.24, 2.45) is 5.73 Å². The van der Waals surface area contributed by atoms with Gasteiger partial charge in [0, 0.05) is 6.42 Å². The summed E-state index contributed by atoms with van der Waals surface area (Å²) in [5.74, 6) is -0.180. The zero-order valence-electron chi connectivity index (χ0n) is 8.01. The van der Waals surface area contributed by atoms with Gasteiger partial charge in [0.2, 0.25) is 0 Å². The van der Waals surface area contributed by atoms with Gasteiger partial charge in [0.25, 0.3) is 0 Å². The van der Waals surface area contributed by atoms with Crippen LogP contribution in [0.1, 0.15) is 46.0 Å². The van der Waals surface area contributed by atoms with E-state index < -0.39 is 6.23 Å². The molecule has 0 saturated carbocycles. The molecule has 0 aliphatic rings. The molecule has 2 N–H and O–H groups in total. The first kappa shape index (κ1) is 11.4. The lowest BCUT2D eigenvalue weighted by Crippen LogP contribution is -2.23. The number of carbonyl (C=O) groups excluding carboxylic acids is 1. The molecule has 1 atom stereocenters. The van der Waals surface area contributed by atoms with Crippen LogP contribution < -0.4 is 5.73 Å². The van der Waals surface area contributed by atoms with Gasteiger partial charge in [-0.15, -0.1) is 0 Å². The van der Waals surface area contributed by atoms with Gasteiger partial charge in [0.1, 0.15) is 6.23 Å². The van der Waals surface area contributed by atoms with E-state index in [1.165, 1.54) is 12.8 Å². The largest absolute Gasteiger partial charge is 0.447 e. The third kappa shape index (κ3) is 7.54. The van der Waals surface area contributed by atoms with Gasteiger partial charge in [-0.25, -0.2) is 0 Å². The van der Waals surface area contributed by atoms with E-state index >= 15 is 0 Å². The summed E-state index contributed by atoms with van der Waals surface area (Å²) < 4.78 is 4.77. The lowest BCUT2D eigenvalue weighted by molar-refractivity contribution is -0.148. The zero-order valence-corrected chi connectivity index (χ0v) is 8.01. The Labute approximate surface area is 74.3 Å². The molecule has 0 radical (unpaired) electrons. The monoisotopic (exact) mass is 173 g/mol. The molecule has 0 fully saturated rings. The van der Waals surface area contributed by atoms with Crippen LogP contribution in [0.3, 0.4) is 0 Å². The van der Waals surface area contributed by atoms with Crippen LogP contribution in [-0.2, 0) is 9.53 Å². The van der Waals surface area contributed by atoms with E-state index in [9.17, 15) is 4.79 Å². The van der Waals surface area contributed by atoms with Crippen LogP contribution >= 0.6 is 0 Å². The van der Waals surface area contributed by atoms with E-state index in [0.29, 0.717) is 6.42 Å². The number of hydrogen-bond donors (Lipinski definition) is 1. The molecular weight excluding hydrogens is 154 g/mol. The molecule has 0 aliphatic heterocycles. The summed E-state index contributed by atoms with van der Waals surface area (Å²) in [4.78, 5) is 10.9. The molecule has 3 nitrogen and oxygen atoms in total. The Morgan fingerprint density at radius 3 is 2.58 bits per heavy atom. The van der Waals surface area contributed by atoms with Gasteiger partial charge in [-0.1, -0.05) is 26.2 Å². The third-order valence-corrected chi connectivity index (χ3v) is 1.55. The molecule has 0 aromatic heterocycles. The van der Waals surface area contributed by atoms with Crippen molar-refractivity contribution in [3.8, 4) is 0 Å². The molecule has 1 unspecified atom stereocenters. The van der Waals surface area contributed by atoms with E-state index in [-0.39, 0.29) is 5.97 Å². The lowest BCUT2D eigenvalue weighted by Gasteiger charge is -2.06. The molecule has 0 aliphatic carbocycles. The predicted octanol–water partition coefficient (Wildman–Crippen LogP) is 1.80. The molecule has 72 valence electrons. The number of hydrogen-bond acceptors (Lipinski definition) is 3. The summed E-state index contributed by atoms with van der Waals surface area (Å²) in [5.41, 5.74) is 5.28. The molecule has 0 bridgehead atoms. The van der Waals surface area contributed by atoms with Crippen molar-refractivity contribution in [3.05, 3.63) is 0 Å². The van der Waals surface area contributed by atoms with Gasteiger partial charge >= 0.3 is 5.97 Å². The second kappa shape index (κ2) is 7.10. The Bertz CT molecular complexity index is 124. The summed E-state index contributed by atoms with van der Waals surface area (Å²) in [7, 11) is 0. The highest BCUT2D eigenvalue weighted by molar-refractivity contribution is 5.69. The van der Waals surface area contributed by atoms with Crippen LogP contribution in [-0.4, -0.2) is 12.2 Å². The van der Waals surface area contributed by atoms with Gasteiger partial charge in [-0.05, 0) is 13.3 Å². The first-order valence-electron chi connectivity index (χ1n) is 4.62. The van der Waals surface area contributed by atoms with Crippen LogP contribution in [0.5, 0.6) is 0 Å². The van der Waals surface area contributed by atoms with Crippen molar-refractivity contribution in [2.45, 2.75) is 52.2 Å². The van der Waals surface area contributed by atoms with Crippen molar-refractivity contribution in [3.63, 3.8) is 0 Å². The van der Waals surface area contributed by atoms with Gasteiger partial charge in [-0.2, -0.15) is 0 Å². The fourth-order valence-electron chi connectivity index (χ4n) is 0.962. The van der Waals surface area contributed by atoms with Crippen LogP contribution in [0.2, 0.25) is 0 Å². The number of ether oxygens (including phenoxy) is 1. The summed E-state index contributed by atoms with van der Waals surface area (Å²) in [6.45, 7) is 3.80. The molecule has 0 spiro atoms. The molecule has 0 saturated heterocycles. The van der Waals surface area contributed by atoms with E-state index in [0.717, 1.165) is 12.8 Å². The average molecular weight is 173 g/mol. The third-order valence-electron chi connectivity index (χ3n) is 1.55. The minimum atomic E-state index is -0.469. The minimum Gasteiger partial charge on any atom is -0.447 e. The Morgan fingerprint density at radius 2 is 2.08 bits per heavy atom. The lowest BCUT2D eigenvalue weighted by atomic mass is 10.2. The maximum atomic E-state index is 10.9. The quantitative estimate of drug-likeness (QED) is 0.378. The molecule has 3 heteroatoms. The standard InChI is InChI=1S/C9H19NO2/c1-3-4-5-6-7-9(11)12-8(2)10/h8H,3-7,10H2,1-2H3. The van der Waals surface area contributed by atoms with E-state index in [1.54, 1.807) is 6.92 Å². The highest BCUT2D eigenvalue weighted by Gasteiger charge is 2.03. The Kier molecular flexibility index (Phi) is 6.76. The predicted molar refractivity (Wildman–Crippen MR) is 48.5 cm³/mol. The van der Waals surface area contributed by atoms with E-state index in [1.807, 2.05) is 0 Å². The summed E-state index contributed by atoms with van der Waals surface area (Å²) in [6, 6.07) is 0. The number of unbranched alkanes of at least 4 members (excludes halogenated alkanes) is 3. The van der Waals surface area contributed by atoms with Crippen LogP contribution in [0.4, 0.5) is 0 Å².